The van der Waals surface area contributed by atoms with Crippen LogP contribution in [0.2, 0.25) is 25.7 Å². The van der Waals surface area contributed by atoms with Crippen LogP contribution in [-0.2, 0) is 11.5 Å². The Hall–Kier alpha value is -3.58. The Morgan fingerprint density at radius 1 is 1.24 bits per heavy atom. The van der Waals surface area contributed by atoms with E-state index in [1.807, 2.05) is 0 Å². The number of rotatable bonds is 7. The molecule has 0 spiro atoms. The highest BCUT2D eigenvalue weighted by Gasteiger charge is 2.29. The van der Waals surface area contributed by atoms with Crippen LogP contribution in [0.3, 0.4) is 0 Å². The Morgan fingerprint density at radius 2 is 2.05 bits per heavy atom. The minimum absolute atomic E-state index is 0.0473. The van der Waals surface area contributed by atoms with Gasteiger partial charge in [0, 0.05) is 34.0 Å². The van der Waals surface area contributed by atoms with Gasteiger partial charge in [-0.25, -0.2) is 28.9 Å². The van der Waals surface area contributed by atoms with E-state index in [0.29, 0.717) is 48.5 Å². The maximum Gasteiger partial charge on any atom is 0.407 e. The predicted octanol–water partition coefficient (Wildman–Crippen LogP) is 3.67. The second-order valence-corrected chi connectivity index (χ2v) is 16.2. The third kappa shape index (κ3) is 5.00. The summed E-state index contributed by atoms with van der Waals surface area (Å²) in [5.74, 6) is -0.149. The molecule has 5 rings (SSSR count). The summed E-state index contributed by atoms with van der Waals surface area (Å²) < 4.78 is 24.4. The standard InChI is InChI=1S/C24H30FN7O4Si/c1-37(2,3)10-9-36-15-31-19-12-27-21(18-11-26-20-7-6-16(25)13-30(18)20)28-22(19)32(23(31)33)17-5-4-8-29(14-17)24(34)35/h6-7,11-13,17H,4-5,8-10,14-15H2,1-3H3,(H,34,35). The van der Waals surface area contributed by atoms with Crippen LogP contribution in [0.25, 0.3) is 28.3 Å². The first-order valence-electron chi connectivity index (χ1n) is 12.3. The lowest BCUT2D eigenvalue weighted by Gasteiger charge is -2.31. The molecule has 4 aromatic rings. The summed E-state index contributed by atoms with van der Waals surface area (Å²) in [6, 6.07) is 3.46. The molecule has 1 aliphatic rings. The van der Waals surface area contributed by atoms with Crippen molar-refractivity contribution in [2.45, 2.75) is 51.3 Å². The zero-order valence-corrected chi connectivity index (χ0v) is 22.1. The number of nitrogens with zero attached hydrogens (tertiary/aromatic N) is 7. The summed E-state index contributed by atoms with van der Waals surface area (Å²) in [7, 11) is -1.31. The van der Waals surface area contributed by atoms with E-state index in [1.54, 1.807) is 27.4 Å². The molecule has 13 heteroatoms. The van der Waals surface area contributed by atoms with Gasteiger partial charge in [-0.05, 0) is 31.0 Å². The van der Waals surface area contributed by atoms with Crippen LogP contribution >= 0.6 is 0 Å². The summed E-state index contributed by atoms with van der Waals surface area (Å²) in [5.41, 5.74) is 1.57. The molecule has 0 aromatic carbocycles. The Balaban J connectivity index is 1.59. The van der Waals surface area contributed by atoms with E-state index in [2.05, 4.69) is 29.6 Å². The first-order chi connectivity index (χ1) is 17.6. The molecule has 4 aromatic heterocycles. The molecule has 0 saturated carbocycles. The van der Waals surface area contributed by atoms with Crippen LogP contribution in [-0.4, -0.2) is 72.4 Å². The number of hydrogen-bond donors (Lipinski definition) is 1. The van der Waals surface area contributed by atoms with Gasteiger partial charge in [-0.1, -0.05) is 19.6 Å². The molecule has 1 N–H and O–H groups in total. The number of halogens is 1. The van der Waals surface area contributed by atoms with Crippen molar-refractivity contribution in [3.05, 3.63) is 47.0 Å². The number of carboxylic acid groups (broad SMARTS) is 1. The zero-order valence-electron chi connectivity index (χ0n) is 21.1. The molecule has 1 fully saturated rings. The van der Waals surface area contributed by atoms with Crippen molar-refractivity contribution in [2.24, 2.45) is 0 Å². The average Bonchev–Trinajstić information content (AvgIpc) is 3.38. The quantitative estimate of drug-likeness (QED) is 0.288. The maximum absolute atomic E-state index is 13.9. The number of aromatic nitrogens is 6. The highest BCUT2D eigenvalue weighted by atomic mass is 28.3. The maximum atomic E-state index is 13.9. The Morgan fingerprint density at radius 3 is 2.81 bits per heavy atom. The first-order valence-corrected chi connectivity index (χ1v) is 16.0. The van der Waals surface area contributed by atoms with Crippen molar-refractivity contribution in [2.75, 3.05) is 19.7 Å². The van der Waals surface area contributed by atoms with E-state index in [9.17, 15) is 19.1 Å². The van der Waals surface area contributed by atoms with Gasteiger partial charge in [0.2, 0.25) is 0 Å². The highest BCUT2D eigenvalue weighted by Crippen LogP contribution is 2.26. The Labute approximate surface area is 213 Å². The molecule has 1 aliphatic heterocycles. The molecule has 37 heavy (non-hydrogen) atoms. The monoisotopic (exact) mass is 527 g/mol. The van der Waals surface area contributed by atoms with Gasteiger partial charge >= 0.3 is 11.8 Å². The predicted molar refractivity (Wildman–Crippen MR) is 138 cm³/mol. The number of imidazole rings is 2. The van der Waals surface area contributed by atoms with E-state index >= 15 is 0 Å². The normalized spacial score (nSPS) is 16.6. The largest absolute Gasteiger partial charge is 0.465 e. The summed E-state index contributed by atoms with van der Waals surface area (Å²) >= 11 is 0. The van der Waals surface area contributed by atoms with E-state index in [4.69, 9.17) is 9.72 Å². The second kappa shape index (κ2) is 9.71. The fourth-order valence-electron chi connectivity index (χ4n) is 4.63. The number of hydrogen-bond acceptors (Lipinski definition) is 6. The van der Waals surface area contributed by atoms with Crippen LogP contribution in [0.5, 0.6) is 0 Å². The molecule has 0 radical (unpaired) electrons. The van der Waals surface area contributed by atoms with Crippen molar-refractivity contribution in [1.82, 2.24) is 33.4 Å². The molecule has 1 saturated heterocycles. The molecule has 1 amide bonds. The fraction of sp³-hybridized carbons (Fsp3) is 0.458. The zero-order chi connectivity index (χ0) is 26.3. The topological polar surface area (TPSA) is 120 Å². The number of fused-ring (bicyclic) bond motifs is 2. The van der Waals surface area contributed by atoms with Crippen molar-refractivity contribution in [3.8, 4) is 11.5 Å². The minimum Gasteiger partial charge on any atom is -0.465 e. The van der Waals surface area contributed by atoms with Crippen LogP contribution in [0, 0.1) is 5.82 Å². The minimum atomic E-state index is -1.31. The van der Waals surface area contributed by atoms with E-state index < -0.39 is 20.0 Å². The van der Waals surface area contributed by atoms with Crippen LogP contribution in [0.1, 0.15) is 18.9 Å². The average molecular weight is 528 g/mol. The lowest BCUT2D eigenvalue weighted by Crippen LogP contribution is -2.42. The fourth-order valence-corrected chi connectivity index (χ4v) is 5.39. The SMILES string of the molecule is C[Si](C)(C)CCOCn1c(=O)n(C2CCCN(C(=O)O)C2)c2nc(-c3cnc4ccc(F)cn34)ncc21. The summed E-state index contributed by atoms with van der Waals surface area (Å²) in [4.78, 5) is 40.1. The molecule has 1 unspecified atom stereocenters. The summed E-state index contributed by atoms with van der Waals surface area (Å²) in [5, 5.41) is 9.54. The number of piperidine rings is 1. The number of carbonyl (C=O) groups is 1. The van der Waals surface area contributed by atoms with Gasteiger partial charge in [0.15, 0.2) is 11.5 Å². The highest BCUT2D eigenvalue weighted by molar-refractivity contribution is 6.76. The lowest BCUT2D eigenvalue weighted by molar-refractivity contribution is 0.0859. The third-order valence-corrected chi connectivity index (χ3v) is 8.36. The van der Waals surface area contributed by atoms with Gasteiger partial charge < -0.3 is 14.7 Å². The van der Waals surface area contributed by atoms with E-state index in [1.165, 1.54) is 21.7 Å². The van der Waals surface area contributed by atoms with Gasteiger partial charge in [0.1, 0.15) is 29.4 Å². The van der Waals surface area contributed by atoms with Crippen LogP contribution in [0.4, 0.5) is 9.18 Å². The van der Waals surface area contributed by atoms with Crippen molar-refractivity contribution in [3.63, 3.8) is 0 Å². The van der Waals surface area contributed by atoms with Gasteiger partial charge in [-0.3, -0.25) is 13.5 Å². The third-order valence-electron chi connectivity index (χ3n) is 6.65. The van der Waals surface area contributed by atoms with Gasteiger partial charge in [-0.15, -0.1) is 0 Å². The number of amides is 1. The smallest absolute Gasteiger partial charge is 0.407 e. The molecular formula is C24H30FN7O4Si. The Kier molecular flexibility index (Phi) is 6.58. The second-order valence-electron chi connectivity index (χ2n) is 10.6. The van der Waals surface area contributed by atoms with Crippen molar-refractivity contribution < 1.29 is 19.0 Å². The Bertz CT molecular complexity index is 1520. The van der Waals surface area contributed by atoms with Crippen LogP contribution in [0.15, 0.2) is 35.5 Å². The van der Waals surface area contributed by atoms with Crippen LogP contribution < -0.4 is 5.69 Å². The molecule has 0 aliphatic carbocycles. The van der Waals surface area contributed by atoms with Crippen molar-refractivity contribution in [1.29, 1.82) is 0 Å². The summed E-state index contributed by atoms with van der Waals surface area (Å²) in [6.07, 6.45) is 4.68. The number of pyridine rings is 1. The number of ether oxygens (including phenoxy) is 1. The molecule has 1 atom stereocenters. The van der Waals surface area contributed by atoms with E-state index in [0.717, 1.165) is 6.04 Å². The number of likely N-dealkylation sites (tertiary alicyclic amines) is 1. The summed E-state index contributed by atoms with van der Waals surface area (Å²) in [6.45, 7) is 7.97. The first kappa shape index (κ1) is 25.1. The molecular weight excluding hydrogens is 497 g/mol. The molecule has 5 heterocycles. The molecule has 11 nitrogen and oxygen atoms in total. The van der Waals surface area contributed by atoms with Gasteiger partial charge in [0.05, 0.1) is 18.4 Å². The molecule has 196 valence electrons. The van der Waals surface area contributed by atoms with Gasteiger partial charge in [-0.2, -0.15) is 0 Å². The van der Waals surface area contributed by atoms with Gasteiger partial charge in [0.25, 0.3) is 0 Å². The van der Waals surface area contributed by atoms with Crippen molar-refractivity contribution >= 4 is 31.0 Å². The molecule has 0 bridgehead atoms. The lowest BCUT2D eigenvalue weighted by atomic mass is 10.1. The van der Waals surface area contributed by atoms with E-state index in [-0.39, 0.29) is 30.8 Å².